The van der Waals surface area contributed by atoms with Crippen molar-refractivity contribution in [2.75, 3.05) is 6.61 Å². The molecule has 1 N–H and O–H groups in total. The molecule has 1 amide bonds. The first-order valence-electron chi connectivity index (χ1n) is 3.63. The fourth-order valence-corrected chi connectivity index (χ4v) is 0.977. The molecule has 0 radical (unpaired) electrons. The van der Waals surface area contributed by atoms with Crippen LogP contribution in [0.4, 0.5) is 13.2 Å². The van der Waals surface area contributed by atoms with Crippen molar-refractivity contribution in [2.24, 2.45) is 0 Å². The molecule has 0 fully saturated rings. The smallest absolute Gasteiger partial charge is 0.414 e. The minimum atomic E-state index is -4.49. The highest BCUT2D eigenvalue weighted by molar-refractivity contribution is 9.10. The van der Waals surface area contributed by atoms with Gasteiger partial charge in [0, 0.05) is 0 Å². The molecular formula is C7H5BrF3NO3. The summed E-state index contributed by atoms with van der Waals surface area (Å²) in [5, 5.41) is 0. The summed E-state index contributed by atoms with van der Waals surface area (Å²) in [6.07, 6.45) is -4.49. The summed E-state index contributed by atoms with van der Waals surface area (Å²) in [6.45, 7) is -1.55. The fraction of sp³-hybridized carbons (Fsp3) is 0.286. The highest BCUT2D eigenvalue weighted by atomic mass is 79.9. The third-order valence-corrected chi connectivity index (χ3v) is 1.62. The number of furan rings is 1. The molecule has 0 aliphatic carbocycles. The van der Waals surface area contributed by atoms with Crippen molar-refractivity contribution >= 4 is 21.8 Å². The Labute approximate surface area is 90.5 Å². The first-order chi connectivity index (χ1) is 6.88. The lowest BCUT2D eigenvalue weighted by atomic mass is 10.4. The molecule has 15 heavy (non-hydrogen) atoms. The number of carbonyl (C=O) groups excluding carboxylic acids is 1. The molecule has 0 aliphatic heterocycles. The lowest BCUT2D eigenvalue weighted by Gasteiger charge is -2.06. The Balaban J connectivity index is 2.37. The average molecular weight is 288 g/mol. The number of alkyl halides is 3. The third kappa shape index (κ3) is 4.34. The molecule has 0 atom stereocenters. The van der Waals surface area contributed by atoms with Crippen LogP contribution in [0.2, 0.25) is 0 Å². The van der Waals surface area contributed by atoms with Crippen molar-refractivity contribution in [3.8, 4) is 0 Å². The van der Waals surface area contributed by atoms with Crippen LogP contribution in [0.1, 0.15) is 10.6 Å². The van der Waals surface area contributed by atoms with Crippen molar-refractivity contribution in [1.82, 2.24) is 5.48 Å². The zero-order valence-electron chi connectivity index (χ0n) is 7.10. The van der Waals surface area contributed by atoms with Crippen molar-refractivity contribution in [3.63, 3.8) is 0 Å². The molecule has 1 rings (SSSR count). The molecule has 8 heteroatoms. The van der Waals surface area contributed by atoms with Crippen LogP contribution in [-0.2, 0) is 4.84 Å². The molecule has 1 aromatic heterocycles. The molecule has 0 bridgehead atoms. The minimum Gasteiger partial charge on any atom is -0.444 e. The zero-order chi connectivity index (χ0) is 11.5. The maximum absolute atomic E-state index is 11.6. The van der Waals surface area contributed by atoms with Crippen molar-refractivity contribution < 1.29 is 27.2 Å². The number of hydrogen-bond donors (Lipinski definition) is 1. The molecule has 84 valence electrons. The Hall–Kier alpha value is -1.02. The van der Waals surface area contributed by atoms with Crippen molar-refractivity contribution in [1.29, 1.82) is 0 Å². The summed E-state index contributed by atoms with van der Waals surface area (Å²) < 4.78 is 39.9. The molecular weight excluding hydrogens is 283 g/mol. The van der Waals surface area contributed by atoms with Gasteiger partial charge in [0.1, 0.15) is 0 Å². The molecule has 0 spiro atoms. The monoisotopic (exact) mass is 287 g/mol. The molecule has 0 unspecified atom stereocenters. The second-order valence-electron chi connectivity index (χ2n) is 2.44. The van der Waals surface area contributed by atoms with E-state index < -0.39 is 18.7 Å². The molecule has 1 aromatic rings. The summed E-state index contributed by atoms with van der Waals surface area (Å²) in [4.78, 5) is 14.9. The van der Waals surface area contributed by atoms with Gasteiger partial charge in [-0.25, -0.2) is 5.48 Å². The Morgan fingerprint density at radius 1 is 1.53 bits per heavy atom. The van der Waals surface area contributed by atoms with Gasteiger partial charge in [0.25, 0.3) is 0 Å². The summed E-state index contributed by atoms with van der Waals surface area (Å²) in [5.41, 5.74) is 1.60. The molecule has 0 saturated carbocycles. The molecule has 4 nitrogen and oxygen atoms in total. The maximum Gasteiger partial charge on any atom is 0.414 e. The second kappa shape index (κ2) is 4.67. The van der Waals surface area contributed by atoms with Crippen LogP contribution in [0.5, 0.6) is 0 Å². The van der Waals surface area contributed by atoms with E-state index in [0.29, 0.717) is 4.67 Å². The summed E-state index contributed by atoms with van der Waals surface area (Å²) in [7, 11) is 0. The van der Waals surface area contributed by atoms with Gasteiger partial charge in [0.05, 0.1) is 0 Å². The van der Waals surface area contributed by atoms with Gasteiger partial charge in [-0.3, -0.25) is 9.63 Å². The number of amides is 1. The largest absolute Gasteiger partial charge is 0.444 e. The van der Waals surface area contributed by atoms with Gasteiger partial charge in [0.2, 0.25) is 0 Å². The zero-order valence-corrected chi connectivity index (χ0v) is 8.68. The van der Waals surface area contributed by atoms with Crippen molar-refractivity contribution in [3.05, 3.63) is 22.6 Å². The second-order valence-corrected chi connectivity index (χ2v) is 3.22. The normalized spacial score (nSPS) is 11.5. The van der Waals surface area contributed by atoms with E-state index >= 15 is 0 Å². The lowest BCUT2D eigenvalue weighted by molar-refractivity contribution is -0.184. The predicted molar refractivity (Wildman–Crippen MR) is 45.9 cm³/mol. The first-order valence-corrected chi connectivity index (χ1v) is 4.42. The van der Waals surface area contributed by atoms with Crippen LogP contribution in [0.25, 0.3) is 0 Å². The fourth-order valence-electron chi connectivity index (χ4n) is 0.670. The van der Waals surface area contributed by atoms with Gasteiger partial charge < -0.3 is 4.42 Å². The Morgan fingerprint density at radius 3 is 2.67 bits per heavy atom. The van der Waals surface area contributed by atoms with Gasteiger partial charge >= 0.3 is 12.1 Å². The standard InChI is InChI=1S/C7H5BrF3NO3/c8-5-2-1-4(15-5)6(13)12-14-3-7(9,10)11/h1-2H,3H2,(H,12,13). The van der Waals surface area contributed by atoms with Gasteiger partial charge in [-0.1, -0.05) is 0 Å². The number of rotatable bonds is 3. The van der Waals surface area contributed by atoms with E-state index in [1.807, 2.05) is 0 Å². The molecule has 0 saturated heterocycles. The topological polar surface area (TPSA) is 51.5 Å². The number of hydroxylamine groups is 1. The van der Waals surface area contributed by atoms with Crippen LogP contribution in [0, 0.1) is 0 Å². The van der Waals surface area contributed by atoms with E-state index in [9.17, 15) is 18.0 Å². The SMILES string of the molecule is O=C(NOCC(F)(F)F)c1ccc(Br)o1. The van der Waals surface area contributed by atoms with E-state index in [1.165, 1.54) is 12.1 Å². The summed E-state index contributed by atoms with van der Waals surface area (Å²) in [6, 6.07) is 2.72. The highest BCUT2D eigenvalue weighted by Crippen LogP contribution is 2.15. The summed E-state index contributed by atoms with van der Waals surface area (Å²) >= 11 is 2.93. The van der Waals surface area contributed by atoms with E-state index in [-0.39, 0.29) is 5.76 Å². The third-order valence-electron chi connectivity index (χ3n) is 1.20. The lowest BCUT2D eigenvalue weighted by Crippen LogP contribution is -2.29. The Kier molecular flexibility index (Phi) is 3.75. The van der Waals surface area contributed by atoms with Gasteiger partial charge in [-0.15, -0.1) is 0 Å². The number of nitrogens with one attached hydrogen (secondary N) is 1. The Bertz CT molecular complexity index is 349. The number of hydrogen-bond acceptors (Lipinski definition) is 3. The van der Waals surface area contributed by atoms with Crippen LogP contribution in [-0.4, -0.2) is 18.7 Å². The number of halogens is 4. The summed E-state index contributed by atoms with van der Waals surface area (Å²) in [5.74, 6) is -1.03. The molecule has 1 heterocycles. The van der Waals surface area contributed by atoms with E-state index in [2.05, 4.69) is 20.8 Å². The van der Waals surface area contributed by atoms with Gasteiger partial charge in [0.15, 0.2) is 17.0 Å². The van der Waals surface area contributed by atoms with E-state index in [4.69, 9.17) is 4.42 Å². The quantitative estimate of drug-likeness (QED) is 0.868. The average Bonchev–Trinajstić information content (AvgIpc) is 2.49. The van der Waals surface area contributed by atoms with Crippen LogP contribution in [0.3, 0.4) is 0 Å². The highest BCUT2D eigenvalue weighted by Gasteiger charge is 2.28. The van der Waals surface area contributed by atoms with Crippen LogP contribution < -0.4 is 5.48 Å². The predicted octanol–water partition coefficient (Wildman–Crippen LogP) is 2.27. The maximum atomic E-state index is 11.6. The van der Waals surface area contributed by atoms with Gasteiger partial charge in [-0.05, 0) is 28.1 Å². The molecule has 0 aliphatic rings. The van der Waals surface area contributed by atoms with Gasteiger partial charge in [-0.2, -0.15) is 13.2 Å². The van der Waals surface area contributed by atoms with E-state index in [1.54, 1.807) is 5.48 Å². The number of carbonyl (C=O) groups is 1. The van der Waals surface area contributed by atoms with Crippen LogP contribution >= 0.6 is 15.9 Å². The minimum absolute atomic E-state index is 0.149. The Morgan fingerprint density at radius 2 is 2.20 bits per heavy atom. The van der Waals surface area contributed by atoms with E-state index in [0.717, 1.165) is 0 Å². The van der Waals surface area contributed by atoms with Crippen molar-refractivity contribution in [2.45, 2.75) is 6.18 Å². The van der Waals surface area contributed by atoms with Crippen LogP contribution in [0.15, 0.2) is 21.2 Å². The molecule has 0 aromatic carbocycles. The first kappa shape index (κ1) is 12.1.